The lowest BCUT2D eigenvalue weighted by Gasteiger charge is -2.29. The number of aromatic nitrogens is 2. The van der Waals surface area contributed by atoms with Crippen molar-refractivity contribution >= 4 is 39.2 Å². The average Bonchev–Trinajstić information content (AvgIpc) is 3.20. The number of carbonyl (C=O) groups is 1. The fourth-order valence-corrected chi connectivity index (χ4v) is 3.83. The number of fused-ring (bicyclic) bond motifs is 1. The molecule has 6 heteroatoms. The van der Waals surface area contributed by atoms with Gasteiger partial charge in [-0.2, -0.15) is 0 Å². The van der Waals surface area contributed by atoms with Gasteiger partial charge < -0.3 is 9.80 Å². The average molecular weight is 324 g/mol. The minimum atomic E-state index is -0.303. The van der Waals surface area contributed by atoms with Gasteiger partial charge in [0.2, 0.25) is 0 Å². The van der Waals surface area contributed by atoms with Gasteiger partial charge in [0, 0.05) is 25.0 Å². The van der Waals surface area contributed by atoms with Crippen molar-refractivity contribution in [3.05, 3.63) is 47.7 Å². The van der Waals surface area contributed by atoms with E-state index in [1.165, 1.54) is 0 Å². The van der Waals surface area contributed by atoms with Crippen LogP contribution in [0.3, 0.4) is 0 Å². The topological polar surface area (TPSA) is 49.3 Å². The summed E-state index contributed by atoms with van der Waals surface area (Å²) in [7, 11) is 0. The maximum absolute atomic E-state index is 11.8. The first-order chi connectivity index (χ1) is 11.3. The van der Waals surface area contributed by atoms with E-state index in [0.29, 0.717) is 0 Å². The molecule has 1 aromatic carbocycles. The largest absolute Gasteiger partial charge is 0.343 e. The van der Waals surface area contributed by atoms with Crippen LogP contribution >= 0.6 is 11.3 Å². The molecule has 3 aromatic rings. The summed E-state index contributed by atoms with van der Waals surface area (Å²) in [6, 6.07) is 8.14. The number of aryl methyl sites for hydroxylation is 1. The zero-order valence-corrected chi connectivity index (χ0v) is 13.5. The Balaban J connectivity index is 1.70. The van der Waals surface area contributed by atoms with Crippen LogP contribution in [-0.2, 0) is 4.79 Å². The molecule has 3 heterocycles. The highest BCUT2D eigenvalue weighted by Gasteiger charge is 2.32. The van der Waals surface area contributed by atoms with Crippen LogP contribution in [0.5, 0.6) is 0 Å². The molecule has 0 radical (unpaired) electrons. The number of anilines is 2. The van der Waals surface area contributed by atoms with E-state index in [1.54, 1.807) is 17.5 Å². The predicted octanol–water partition coefficient (Wildman–Crippen LogP) is 2.85. The Bertz CT molecular complexity index is 862. The summed E-state index contributed by atoms with van der Waals surface area (Å²) in [6.07, 6.45) is 4.32. The summed E-state index contributed by atoms with van der Waals surface area (Å²) in [6.45, 7) is 3.66. The normalized spacial score (nSPS) is 17.9. The molecule has 2 aromatic heterocycles. The molecule has 0 amide bonds. The molecule has 1 unspecified atom stereocenters. The fraction of sp³-hybridized carbons (Fsp3) is 0.235. The molecule has 0 spiro atoms. The van der Waals surface area contributed by atoms with E-state index in [4.69, 9.17) is 0 Å². The van der Waals surface area contributed by atoms with Crippen LogP contribution in [0.1, 0.15) is 5.56 Å². The van der Waals surface area contributed by atoms with E-state index in [9.17, 15) is 4.79 Å². The van der Waals surface area contributed by atoms with Crippen molar-refractivity contribution < 1.29 is 4.79 Å². The number of hydrogen-bond donors (Lipinski definition) is 0. The van der Waals surface area contributed by atoms with Crippen molar-refractivity contribution in [3.63, 3.8) is 0 Å². The lowest BCUT2D eigenvalue weighted by atomic mass is 10.2. The van der Waals surface area contributed by atoms with E-state index >= 15 is 0 Å². The Kier molecular flexibility index (Phi) is 3.46. The Labute approximate surface area is 138 Å². The van der Waals surface area contributed by atoms with Gasteiger partial charge in [0.25, 0.3) is 0 Å². The highest BCUT2D eigenvalue weighted by molar-refractivity contribution is 7.16. The Morgan fingerprint density at radius 2 is 2.13 bits per heavy atom. The Hall–Kier alpha value is -2.47. The molecule has 1 fully saturated rings. The van der Waals surface area contributed by atoms with Gasteiger partial charge in [0.05, 0.1) is 27.6 Å². The minimum Gasteiger partial charge on any atom is -0.343 e. The van der Waals surface area contributed by atoms with E-state index in [-0.39, 0.29) is 6.17 Å². The molecular formula is C17H16N4OS. The molecule has 0 bridgehead atoms. The van der Waals surface area contributed by atoms with E-state index in [2.05, 4.69) is 25.8 Å². The van der Waals surface area contributed by atoms with Crippen LogP contribution < -0.4 is 9.80 Å². The second kappa shape index (κ2) is 5.62. The van der Waals surface area contributed by atoms with Crippen LogP contribution in [0, 0.1) is 6.92 Å². The molecule has 0 N–H and O–H groups in total. The SMILES string of the molecule is Cc1ccncc1N1CCN(c2ccc3ncsc3c2)C1C=O. The third kappa shape index (κ3) is 2.35. The molecule has 116 valence electrons. The van der Waals surface area contributed by atoms with Gasteiger partial charge in [-0.1, -0.05) is 0 Å². The number of benzene rings is 1. The van der Waals surface area contributed by atoms with Crippen molar-refractivity contribution in [3.8, 4) is 0 Å². The van der Waals surface area contributed by atoms with Gasteiger partial charge in [0.15, 0.2) is 12.5 Å². The van der Waals surface area contributed by atoms with Crippen molar-refractivity contribution in [2.24, 2.45) is 0 Å². The standard InChI is InChI=1S/C17H16N4OS/c1-12-4-5-18-9-15(12)21-7-6-20(17(21)10-22)13-2-3-14-16(8-13)23-11-19-14/h2-5,8-11,17H,6-7H2,1H3. The minimum absolute atomic E-state index is 0.303. The molecule has 0 saturated carbocycles. The van der Waals surface area contributed by atoms with Gasteiger partial charge in [0.1, 0.15) is 0 Å². The first kappa shape index (κ1) is 14.1. The second-order valence-corrected chi connectivity index (χ2v) is 6.49. The van der Waals surface area contributed by atoms with Gasteiger partial charge in [-0.15, -0.1) is 11.3 Å². The summed E-state index contributed by atoms with van der Waals surface area (Å²) >= 11 is 1.62. The lowest BCUT2D eigenvalue weighted by Crippen LogP contribution is -2.40. The van der Waals surface area contributed by atoms with Crippen LogP contribution in [0.4, 0.5) is 11.4 Å². The summed E-state index contributed by atoms with van der Waals surface area (Å²) in [5.41, 5.74) is 6.06. The van der Waals surface area contributed by atoms with Gasteiger partial charge in [-0.05, 0) is 36.8 Å². The molecule has 4 rings (SSSR count). The zero-order chi connectivity index (χ0) is 15.8. The quantitative estimate of drug-likeness (QED) is 0.693. The van der Waals surface area contributed by atoms with Crippen molar-refractivity contribution in [1.82, 2.24) is 9.97 Å². The predicted molar refractivity (Wildman–Crippen MR) is 93.1 cm³/mol. The lowest BCUT2D eigenvalue weighted by molar-refractivity contribution is -0.108. The molecule has 1 saturated heterocycles. The molecule has 1 aliphatic rings. The number of aldehydes is 1. The number of nitrogens with zero attached hydrogens (tertiary/aromatic N) is 4. The van der Waals surface area contributed by atoms with E-state index < -0.39 is 0 Å². The van der Waals surface area contributed by atoms with Crippen LogP contribution in [0.25, 0.3) is 10.2 Å². The molecule has 5 nitrogen and oxygen atoms in total. The fourth-order valence-electron chi connectivity index (χ4n) is 3.12. The van der Waals surface area contributed by atoms with Gasteiger partial charge in [-0.25, -0.2) is 4.98 Å². The number of carbonyl (C=O) groups excluding carboxylic acids is 1. The van der Waals surface area contributed by atoms with Crippen LogP contribution in [0.2, 0.25) is 0 Å². The maximum Gasteiger partial charge on any atom is 0.162 e. The maximum atomic E-state index is 11.8. The van der Waals surface area contributed by atoms with Crippen molar-refractivity contribution in [2.75, 3.05) is 22.9 Å². The molecular weight excluding hydrogens is 308 g/mol. The highest BCUT2D eigenvalue weighted by atomic mass is 32.1. The van der Waals surface area contributed by atoms with Crippen molar-refractivity contribution in [1.29, 1.82) is 0 Å². The summed E-state index contributed by atoms with van der Waals surface area (Å²) < 4.78 is 1.14. The second-order valence-electron chi connectivity index (χ2n) is 5.60. The first-order valence-corrected chi connectivity index (χ1v) is 8.38. The monoisotopic (exact) mass is 324 g/mol. The highest BCUT2D eigenvalue weighted by Crippen LogP contribution is 2.31. The summed E-state index contributed by atoms with van der Waals surface area (Å²) in [4.78, 5) is 24.6. The Morgan fingerprint density at radius 3 is 2.96 bits per heavy atom. The molecule has 23 heavy (non-hydrogen) atoms. The smallest absolute Gasteiger partial charge is 0.162 e. The third-order valence-electron chi connectivity index (χ3n) is 4.31. The first-order valence-electron chi connectivity index (χ1n) is 7.50. The summed E-state index contributed by atoms with van der Waals surface area (Å²) in [5, 5.41) is 0. The third-order valence-corrected chi connectivity index (χ3v) is 5.10. The number of pyridine rings is 1. The molecule has 1 aliphatic heterocycles. The number of rotatable bonds is 3. The van der Waals surface area contributed by atoms with Gasteiger partial charge in [-0.3, -0.25) is 9.78 Å². The van der Waals surface area contributed by atoms with E-state index in [1.807, 2.05) is 36.8 Å². The van der Waals surface area contributed by atoms with Gasteiger partial charge >= 0.3 is 0 Å². The molecule has 0 aliphatic carbocycles. The summed E-state index contributed by atoms with van der Waals surface area (Å²) in [5.74, 6) is 0. The zero-order valence-electron chi connectivity index (χ0n) is 12.7. The van der Waals surface area contributed by atoms with Crippen LogP contribution in [0.15, 0.2) is 42.2 Å². The number of thiazole rings is 1. The van der Waals surface area contributed by atoms with Crippen LogP contribution in [-0.4, -0.2) is 35.5 Å². The van der Waals surface area contributed by atoms with Crippen molar-refractivity contribution in [2.45, 2.75) is 13.1 Å². The molecule has 1 atom stereocenters. The number of hydrogen-bond acceptors (Lipinski definition) is 6. The Morgan fingerprint density at radius 1 is 1.26 bits per heavy atom. The van der Waals surface area contributed by atoms with E-state index in [0.717, 1.165) is 46.5 Å².